The molecule has 0 aliphatic carbocycles. The molecule has 0 rings (SSSR count). The maximum Gasteiger partial charge on any atom is 0.112 e. The Morgan fingerprint density at radius 3 is 1.50 bits per heavy atom. The van der Waals surface area contributed by atoms with E-state index in [0.29, 0.717) is 0 Å². The van der Waals surface area contributed by atoms with Crippen LogP contribution >= 0.6 is 7.14 Å². The largest absolute Gasteiger partial charge is 0.319 e. The minimum absolute atomic E-state index is 0.241. The van der Waals surface area contributed by atoms with Crippen molar-refractivity contribution in [2.24, 2.45) is 0 Å². The summed E-state index contributed by atoms with van der Waals surface area (Å²) in [4.78, 5) is 0. The van der Waals surface area contributed by atoms with E-state index in [1.165, 1.54) is 0 Å². The van der Waals surface area contributed by atoms with E-state index in [1.807, 2.05) is 27.7 Å². The van der Waals surface area contributed by atoms with Gasteiger partial charge < -0.3 is 4.57 Å². The van der Waals surface area contributed by atoms with Gasteiger partial charge in [-0.25, -0.2) is 0 Å². The van der Waals surface area contributed by atoms with Crippen LogP contribution in [0.25, 0.3) is 0 Å². The Balaban J connectivity index is 4.57. The molecule has 0 heterocycles. The molecule has 0 fully saturated rings. The summed E-state index contributed by atoms with van der Waals surface area (Å²) in [5, 5.41) is 0. The second kappa shape index (κ2) is 3.39. The highest BCUT2D eigenvalue weighted by Crippen LogP contribution is 2.55. The van der Waals surface area contributed by atoms with Gasteiger partial charge in [-0.1, -0.05) is 34.3 Å². The second-order valence-corrected chi connectivity index (χ2v) is 7.09. The highest BCUT2D eigenvalue weighted by molar-refractivity contribution is 7.68. The molecule has 0 aliphatic heterocycles. The standard InChI is InChI=1S/C8H17OP/c1-6-10(9,7(2)3)8(4)5/h6-8H,1H2,2-5H3. The first kappa shape index (κ1) is 9.97. The van der Waals surface area contributed by atoms with Crippen molar-refractivity contribution in [1.82, 2.24) is 0 Å². The van der Waals surface area contributed by atoms with Gasteiger partial charge in [-0.05, 0) is 5.82 Å². The van der Waals surface area contributed by atoms with Crippen molar-refractivity contribution in [3.05, 3.63) is 12.4 Å². The quantitative estimate of drug-likeness (QED) is 0.579. The fourth-order valence-corrected chi connectivity index (χ4v) is 3.05. The van der Waals surface area contributed by atoms with Gasteiger partial charge in [0.15, 0.2) is 0 Å². The number of hydrogen-bond acceptors (Lipinski definition) is 1. The second-order valence-electron chi connectivity index (χ2n) is 3.13. The van der Waals surface area contributed by atoms with E-state index in [1.54, 1.807) is 5.82 Å². The minimum atomic E-state index is -2.08. The van der Waals surface area contributed by atoms with E-state index in [0.717, 1.165) is 0 Å². The van der Waals surface area contributed by atoms with E-state index in [9.17, 15) is 4.57 Å². The summed E-state index contributed by atoms with van der Waals surface area (Å²) in [6, 6.07) is 0. The van der Waals surface area contributed by atoms with Crippen LogP contribution in [0.4, 0.5) is 0 Å². The molecule has 0 amide bonds. The molecule has 0 aliphatic rings. The Morgan fingerprint density at radius 2 is 1.50 bits per heavy atom. The van der Waals surface area contributed by atoms with Gasteiger partial charge in [-0.15, -0.1) is 0 Å². The van der Waals surface area contributed by atoms with Crippen molar-refractivity contribution >= 4 is 7.14 Å². The molecule has 0 N–H and O–H groups in total. The van der Waals surface area contributed by atoms with Crippen LogP contribution in [-0.2, 0) is 4.57 Å². The van der Waals surface area contributed by atoms with Gasteiger partial charge in [-0.2, -0.15) is 0 Å². The smallest absolute Gasteiger partial charge is 0.112 e. The van der Waals surface area contributed by atoms with E-state index < -0.39 is 7.14 Å². The molecule has 0 aromatic rings. The van der Waals surface area contributed by atoms with Crippen LogP contribution in [0.3, 0.4) is 0 Å². The predicted molar refractivity (Wildman–Crippen MR) is 48.1 cm³/mol. The zero-order chi connectivity index (χ0) is 8.36. The van der Waals surface area contributed by atoms with Crippen LogP contribution in [0.5, 0.6) is 0 Å². The first-order chi connectivity index (χ1) is 4.45. The topological polar surface area (TPSA) is 17.1 Å². The molecule has 10 heavy (non-hydrogen) atoms. The molecular formula is C8H17OP. The fraction of sp³-hybridized carbons (Fsp3) is 0.750. The van der Waals surface area contributed by atoms with E-state index in [-0.39, 0.29) is 11.3 Å². The average molecular weight is 160 g/mol. The van der Waals surface area contributed by atoms with Crippen LogP contribution in [0.2, 0.25) is 0 Å². The molecule has 0 atom stereocenters. The van der Waals surface area contributed by atoms with Crippen LogP contribution < -0.4 is 0 Å². The van der Waals surface area contributed by atoms with Gasteiger partial charge in [0.2, 0.25) is 0 Å². The third-order valence-electron chi connectivity index (χ3n) is 1.90. The van der Waals surface area contributed by atoms with Crippen molar-refractivity contribution < 1.29 is 4.57 Å². The molecule has 0 unspecified atom stereocenters. The summed E-state index contributed by atoms with van der Waals surface area (Å²) in [5.41, 5.74) is 0.481. The molecule has 1 nitrogen and oxygen atoms in total. The summed E-state index contributed by atoms with van der Waals surface area (Å²) < 4.78 is 11.9. The normalized spacial score (nSPS) is 12.6. The van der Waals surface area contributed by atoms with Crippen LogP contribution in [-0.4, -0.2) is 11.3 Å². The van der Waals surface area contributed by atoms with Gasteiger partial charge in [0.05, 0.1) is 0 Å². The van der Waals surface area contributed by atoms with Crippen molar-refractivity contribution in [1.29, 1.82) is 0 Å². The SMILES string of the molecule is C=CP(=O)(C(C)C)C(C)C. The summed E-state index contributed by atoms with van der Waals surface area (Å²) in [6.45, 7) is 11.6. The molecule has 0 bridgehead atoms. The van der Waals surface area contributed by atoms with Gasteiger partial charge in [-0.3, -0.25) is 0 Å². The zero-order valence-corrected chi connectivity index (χ0v) is 8.19. The first-order valence-electron chi connectivity index (χ1n) is 3.67. The predicted octanol–water partition coefficient (Wildman–Crippen LogP) is 3.31. The fourth-order valence-electron chi connectivity index (χ4n) is 1.02. The molecule has 0 saturated heterocycles. The van der Waals surface area contributed by atoms with Crippen LogP contribution in [0.1, 0.15) is 27.7 Å². The van der Waals surface area contributed by atoms with Crippen molar-refractivity contribution in [2.75, 3.05) is 0 Å². The Hall–Kier alpha value is -0.0300. The lowest BCUT2D eigenvalue weighted by molar-refractivity contribution is 0.568. The maximum absolute atomic E-state index is 11.9. The maximum atomic E-state index is 11.9. The Bertz CT molecular complexity index is 147. The first-order valence-corrected chi connectivity index (χ1v) is 5.59. The number of rotatable bonds is 3. The van der Waals surface area contributed by atoms with Gasteiger partial charge in [0.1, 0.15) is 7.14 Å². The van der Waals surface area contributed by atoms with Crippen LogP contribution in [0.15, 0.2) is 12.4 Å². The molecule has 0 radical (unpaired) electrons. The average Bonchev–Trinajstić information content (AvgIpc) is 1.85. The Kier molecular flexibility index (Phi) is 3.38. The van der Waals surface area contributed by atoms with E-state index >= 15 is 0 Å². The van der Waals surface area contributed by atoms with Crippen molar-refractivity contribution in [2.45, 2.75) is 39.0 Å². The molecule has 0 aromatic heterocycles. The van der Waals surface area contributed by atoms with E-state index in [2.05, 4.69) is 6.58 Å². The Labute approximate surface area is 63.9 Å². The number of hydrogen-bond donors (Lipinski definition) is 0. The van der Waals surface area contributed by atoms with E-state index in [4.69, 9.17) is 0 Å². The highest BCUT2D eigenvalue weighted by Gasteiger charge is 2.25. The molecule has 2 heteroatoms. The zero-order valence-electron chi connectivity index (χ0n) is 7.29. The van der Waals surface area contributed by atoms with Gasteiger partial charge in [0, 0.05) is 11.3 Å². The lowest BCUT2D eigenvalue weighted by Crippen LogP contribution is -2.05. The molecule has 60 valence electrons. The summed E-state index contributed by atoms with van der Waals surface area (Å²) in [5.74, 6) is 1.64. The summed E-state index contributed by atoms with van der Waals surface area (Å²) in [7, 11) is -2.08. The molecule has 0 spiro atoms. The molecular weight excluding hydrogens is 143 g/mol. The third kappa shape index (κ3) is 1.73. The van der Waals surface area contributed by atoms with Gasteiger partial charge >= 0.3 is 0 Å². The lowest BCUT2D eigenvalue weighted by atomic mass is 10.5. The van der Waals surface area contributed by atoms with Crippen molar-refractivity contribution in [3.63, 3.8) is 0 Å². The molecule has 0 aromatic carbocycles. The van der Waals surface area contributed by atoms with Crippen LogP contribution in [0, 0.1) is 0 Å². The summed E-state index contributed by atoms with van der Waals surface area (Å²) >= 11 is 0. The monoisotopic (exact) mass is 160 g/mol. The lowest BCUT2D eigenvalue weighted by Gasteiger charge is -2.21. The third-order valence-corrected chi connectivity index (χ3v) is 5.70. The Morgan fingerprint density at radius 1 is 1.20 bits per heavy atom. The van der Waals surface area contributed by atoms with Crippen molar-refractivity contribution in [3.8, 4) is 0 Å². The van der Waals surface area contributed by atoms with Gasteiger partial charge in [0.25, 0.3) is 0 Å². The highest BCUT2D eigenvalue weighted by atomic mass is 31.2. The minimum Gasteiger partial charge on any atom is -0.319 e. The summed E-state index contributed by atoms with van der Waals surface area (Å²) in [6.07, 6.45) is 0. The molecule has 0 saturated carbocycles.